The summed E-state index contributed by atoms with van der Waals surface area (Å²) in [6.45, 7) is 4.57. The zero-order valence-corrected chi connectivity index (χ0v) is 16.0. The van der Waals surface area contributed by atoms with Crippen molar-refractivity contribution in [3.63, 3.8) is 0 Å². The number of hydrogen-bond acceptors (Lipinski definition) is 3. The van der Waals surface area contributed by atoms with Gasteiger partial charge in [-0.1, -0.05) is 60.0 Å². The Hall–Kier alpha value is -2.37. The van der Waals surface area contributed by atoms with Gasteiger partial charge in [0.2, 0.25) is 5.82 Å². The molecule has 2 aromatic carbocycles. The van der Waals surface area contributed by atoms with Gasteiger partial charge in [0.05, 0.1) is 15.7 Å². The van der Waals surface area contributed by atoms with Crippen LogP contribution < -0.4 is 5.32 Å². The first kappa shape index (κ1) is 18.4. The zero-order valence-electron chi connectivity index (χ0n) is 14.5. The molecule has 1 heterocycles. The van der Waals surface area contributed by atoms with Crippen molar-refractivity contribution in [3.8, 4) is 17.1 Å². The molecule has 0 aliphatic rings. The van der Waals surface area contributed by atoms with Crippen molar-refractivity contribution in [2.24, 2.45) is 0 Å². The van der Waals surface area contributed by atoms with Crippen LogP contribution in [0, 0.1) is 6.92 Å². The van der Waals surface area contributed by atoms with Gasteiger partial charge in [-0.15, -0.1) is 5.10 Å². The molecule has 3 aromatic rings. The Bertz CT molecular complexity index is 935. The lowest BCUT2D eigenvalue weighted by molar-refractivity contribution is 0.0943. The summed E-state index contributed by atoms with van der Waals surface area (Å²) in [5.41, 5.74) is 2.66. The number of nitrogens with zero attached hydrogens (tertiary/aromatic N) is 3. The Morgan fingerprint density at radius 1 is 1.12 bits per heavy atom. The van der Waals surface area contributed by atoms with E-state index in [0.29, 0.717) is 28.1 Å². The van der Waals surface area contributed by atoms with Crippen molar-refractivity contribution >= 4 is 29.1 Å². The molecule has 3 rings (SSSR count). The summed E-state index contributed by atoms with van der Waals surface area (Å²) in [5, 5.41) is 8.05. The van der Waals surface area contributed by atoms with Crippen molar-refractivity contribution in [2.75, 3.05) is 6.54 Å². The fourth-order valence-corrected chi connectivity index (χ4v) is 2.70. The van der Waals surface area contributed by atoms with Gasteiger partial charge in [-0.05, 0) is 31.5 Å². The van der Waals surface area contributed by atoms with Crippen LogP contribution in [0.2, 0.25) is 10.0 Å². The average molecular weight is 389 g/mol. The van der Waals surface area contributed by atoms with Crippen molar-refractivity contribution in [1.29, 1.82) is 0 Å². The maximum atomic E-state index is 12.3. The van der Waals surface area contributed by atoms with Crippen LogP contribution in [0.1, 0.15) is 29.5 Å². The molecule has 1 aromatic heterocycles. The van der Waals surface area contributed by atoms with E-state index in [1.165, 1.54) is 0 Å². The van der Waals surface area contributed by atoms with Gasteiger partial charge >= 0.3 is 0 Å². The molecule has 0 fully saturated rings. The predicted molar refractivity (Wildman–Crippen MR) is 104 cm³/mol. The Kier molecular flexibility index (Phi) is 5.59. The Labute approximate surface area is 162 Å². The summed E-state index contributed by atoms with van der Waals surface area (Å²) in [4.78, 5) is 16.8. The minimum Gasteiger partial charge on any atom is -0.349 e. The first-order valence-electron chi connectivity index (χ1n) is 8.27. The molecule has 0 aliphatic carbocycles. The zero-order chi connectivity index (χ0) is 18.7. The average Bonchev–Trinajstić information content (AvgIpc) is 3.08. The number of amides is 1. The van der Waals surface area contributed by atoms with E-state index in [0.717, 1.165) is 17.5 Å². The quantitative estimate of drug-likeness (QED) is 0.689. The minimum atomic E-state index is -0.306. The smallest absolute Gasteiger partial charge is 0.290 e. The van der Waals surface area contributed by atoms with E-state index in [9.17, 15) is 4.79 Å². The minimum absolute atomic E-state index is 0.111. The second-order valence-corrected chi connectivity index (χ2v) is 6.71. The Balaban J connectivity index is 2.10. The second kappa shape index (κ2) is 7.89. The molecule has 0 saturated carbocycles. The summed E-state index contributed by atoms with van der Waals surface area (Å²) in [6, 6.07) is 13.0. The third-order valence-electron chi connectivity index (χ3n) is 3.80. The van der Waals surface area contributed by atoms with Crippen LogP contribution in [0.4, 0.5) is 0 Å². The molecular weight excluding hydrogens is 371 g/mol. The molecule has 134 valence electrons. The number of halogens is 2. The molecule has 26 heavy (non-hydrogen) atoms. The molecule has 0 saturated heterocycles. The van der Waals surface area contributed by atoms with Gasteiger partial charge in [0.15, 0.2) is 5.82 Å². The van der Waals surface area contributed by atoms with Crippen LogP contribution in [-0.4, -0.2) is 27.2 Å². The van der Waals surface area contributed by atoms with Crippen LogP contribution in [0.15, 0.2) is 42.5 Å². The maximum Gasteiger partial charge on any atom is 0.290 e. The van der Waals surface area contributed by atoms with E-state index in [1.807, 2.05) is 38.1 Å². The van der Waals surface area contributed by atoms with Crippen LogP contribution in [0.3, 0.4) is 0 Å². The molecule has 0 bridgehead atoms. The largest absolute Gasteiger partial charge is 0.349 e. The fourth-order valence-electron chi connectivity index (χ4n) is 2.41. The Morgan fingerprint density at radius 2 is 1.85 bits per heavy atom. The highest BCUT2D eigenvalue weighted by Gasteiger charge is 2.19. The van der Waals surface area contributed by atoms with Crippen molar-refractivity contribution in [2.45, 2.75) is 20.3 Å². The number of carbonyl (C=O) groups is 1. The fraction of sp³-hybridized carbons (Fsp3) is 0.211. The monoisotopic (exact) mass is 388 g/mol. The highest BCUT2D eigenvalue weighted by molar-refractivity contribution is 6.42. The van der Waals surface area contributed by atoms with Gasteiger partial charge in [0.1, 0.15) is 0 Å². The molecule has 0 spiro atoms. The first-order valence-corrected chi connectivity index (χ1v) is 9.03. The number of benzene rings is 2. The van der Waals surface area contributed by atoms with Crippen LogP contribution >= 0.6 is 23.2 Å². The molecular formula is C19H18Cl2N4O. The van der Waals surface area contributed by atoms with Gasteiger partial charge in [0, 0.05) is 12.1 Å². The lowest BCUT2D eigenvalue weighted by Crippen LogP contribution is -2.25. The topological polar surface area (TPSA) is 59.8 Å². The summed E-state index contributed by atoms with van der Waals surface area (Å²) < 4.78 is 1.60. The van der Waals surface area contributed by atoms with Crippen LogP contribution in [0.5, 0.6) is 0 Å². The third-order valence-corrected chi connectivity index (χ3v) is 4.54. The van der Waals surface area contributed by atoms with Gasteiger partial charge < -0.3 is 5.32 Å². The summed E-state index contributed by atoms with van der Waals surface area (Å²) in [6.07, 6.45) is 0.837. The lowest BCUT2D eigenvalue weighted by Gasteiger charge is -2.07. The number of rotatable bonds is 5. The van der Waals surface area contributed by atoms with Crippen molar-refractivity contribution in [3.05, 3.63) is 63.9 Å². The van der Waals surface area contributed by atoms with Gasteiger partial charge in [0.25, 0.3) is 5.91 Å². The molecule has 0 unspecified atom stereocenters. The van der Waals surface area contributed by atoms with E-state index in [-0.39, 0.29) is 11.7 Å². The Morgan fingerprint density at radius 3 is 2.50 bits per heavy atom. The summed E-state index contributed by atoms with van der Waals surface area (Å²) in [7, 11) is 0. The van der Waals surface area contributed by atoms with Crippen molar-refractivity contribution in [1.82, 2.24) is 20.1 Å². The molecule has 0 atom stereocenters. The summed E-state index contributed by atoms with van der Waals surface area (Å²) in [5.74, 6) is 0.365. The SMILES string of the molecule is CCCNC(=O)c1nc(-c2ccc(C)cc2)n(-c2ccc(Cl)c(Cl)c2)n1. The molecule has 5 nitrogen and oxygen atoms in total. The highest BCUT2D eigenvalue weighted by Crippen LogP contribution is 2.27. The normalized spacial score (nSPS) is 10.8. The van der Waals surface area contributed by atoms with E-state index < -0.39 is 0 Å². The number of hydrogen-bond donors (Lipinski definition) is 1. The molecule has 1 amide bonds. The van der Waals surface area contributed by atoms with E-state index >= 15 is 0 Å². The molecule has 0 radical (unpaired) electrons. The standard InChI is InChI=1S/C19H18Cl2N4O/c1-3-10-22-19(26)17-23-18(13-6-4-12(2)5-7-13)25(24-17)14-8-9-15(20)16(21)11-14/h4-9,11H,3,10H2,1-2H3,(H,22,26). The van der Waals surface area contributed by atoms with Crippen LogP contribution in [0.25, 0.3) is 17.1 Å². The third kappa shape index (κ3) is 3.89. The highest BCUT2D eigenvalue weighted by atomic mass is 35.5. The predicted octanol–water partition coefficient (Wildman–Crippen LogP) is 4.69. The molecule has 0 aliphatic heterocycles. The maximum absolute atomic E-state index is 12.3. The molecule has 1 N–H and O–H groups in total. The second-order valence-electron chi connectivity index (χ2n) is 5.89. The summed E-state index contributed by atoms with van der Waals surface area (Å²) >= 11 is 12.2. The number of aryl methyl sites for hydroxylation is 1. The number of aromatic nitrogens is 3. The lowest BCUT2D eigenvalue weighted by atomic mass is 10.1. The molecule has 7 heteroatoms. The van der Waals surface area contributed by atoms with Crippen molar-refractivity contribution < 1.29 is 4.79 Å². The van der Waals surface area contributed by atoms with Crippen LogP contribution in [-0.2, 0) is 0 Å². The van der Waals surface area contributed by atoms with Gasteiger partial charge in [-0.2, -0.15) is 0 Å². The van der Waals surface area contributed by atoms with E-state index in [2.05, 4.69) is 15.4 Å². The number of carbonyl (C=O) groups excluding carboxylic acids is 1. The van der Waals surface area contributed by atoms with E-state index in [4.69, 9.17) is 23.2 Å². The van der Waals surface area contributed by atoms with Gasteiger partial charge in [-0.25, -0.2) is 9.67 Å². The van der Waals surface area contributed by atoms with Gasteiger partial charge in [-0.3, -0.25) is 4.79 Å². The first-order chi connectivity index (χ1) is 12.5. The number of nitrogens with one attached hydrogen (secondary N) is 1. The van der Waals surface area contributed by atoms with E-state index in [1.54, 1.807) is 22.9 Å².